The van der Waals surface area contributed by atoms with Gasteiger partial charge in [0.25, 0.3) is 0 Å². The van der Waals surface area contributed by atoms with Gasteiger partial charge in [-0.25, -0.2) is 0 Å². The molecule has 1 saturated carbocycles. The molecule has 0 radical (unpaired) electrons. The number of benzene rings is 1. The van der Waals surface area contributed by atoms with Gasteiger partial charge in [0, 0.05) is 44.9 Å². The van der Waals surface area contributed by atoms with E-state index in [0.29, 0.717) is 0 Å². The highest BCUT2D eigenvalue weighted by Gasteiger charge is 2.43. The van der Waals surface area contributed by atoms with Crippen molar-refractivity contribution in [3.05, 3.63) is 35.9 Å². The van der Waals surface area contributed by atoms with Gasteiger partial charge in [0.2, 0.25) is 0 Å². The molecule has 0 spiro atoms. The molecule has 3 aliphatic heterocycles. The van der Waals surface area contributed by atoms with E-state index in [-0.39, 0.29) is 0 Å². The predicted molar refractivity (Wildman–Crippen MR) is 113 cm³/mol. The SMILES string of the molecule is c1ccc(CN2C[C@@H]3CC[C@H](NC4CCN(C[C@H]5CCOC5)CC4)[C@@H]3C2)cc1. The van der Waals surface area contributed by atoms with Gasteiger partial charge in [-0.05, 0) is 68.5 Å². The lowest BCUT2D eigenvalue weighted by atomic mass is 9.95. The highest BCUT2D eigenvalue weighted by Crippen LogP contribution is 2.39. The molecule has 4 nitrogen and oxygen atoms in total. The molecule has 4 aliphatic rings. The predicted octanol–water partition coefficient (Wildman–Crippen LogP) is 2.99. The maximum absolute atomic E-state index is 5.55. The molecular formula is C24H37N3O. The molecule has 4 atom stereocenters. The van der Waals surface area contributed by atoms with E-state index in [1.807, 2.05) is 0 Å². The third-order valence-electron chi connectivity index (χ3n) is 7.76. The van der Waals surface area contributed by atoms with Crippen LogP contribution in [0.15, 0.2) is 30.3 Å². The van der Waals surface area contributed by atoms with Crippen LogP contribution in [0, 0.1) is 17.8 Å². The molecule has 1 aliphatic carbocycles. The maximum atomic E-state index is 5.55. The minimum absolute atomic E-state index is 0.739. The lowest BCUT2D eigenvalue weighted by Crippen LogP contribution is -2.48. The van der Waals surface area contributed by atoms with Gasteiger partial charge >= 0.3 is 0 Å². The van der Waals surface area contributed by atoms with E-state index in [4.69, 9.17) is 4.74 Å². The van der Waals surface area contributed by atoms with E-state index < -0.39 is 0 Å². The number of fused-ring (bicyclic) bond motifs is 1. The highest BCUT2D eigenvalue weighted by atomic mass is 16.5. The van der Waals surface area contributed by atoms with Crippen LogP contribution in [0.2, 0.25) is 0 Å². The van der Waals surface area contributed by atoms with Crippen LogP contribution in [0.25, 0.3) is 0 Å². The van der Waals surface area contributed by atoms with Crippen LogP contribution >= 0.6 is 0 Å². The van der Waals surface area contributed by atoms with Gasteiger partial charge in [-0.3, -0.25) is 4.90 Å². The van der Waals surface area contributed by atoms with Crippen LogP contribution in [-0.2, 0) is 11.3 Å². The average molecular weight is 384 g/mol. The van der Waals surface area contributed by atoms with Crippen LogP contribution < -0.4 is 5.32 Å². The van der Waals surface area contributed by atoms with E-state index in [0.717, 1.165) is 49.6 Å². The zero-order valence-electron chi connectivity index (χ0n) is 17.3. The summed E-state index contributed by atoms with van der Waals surface area (Å²) >= 11 is 0. The van der Waals surface area contributed by atoms with E-state index in [1.165, 1.54) is 70.4 Å². The second-order valence-electron chi connectivity index (χ2n) is 9.76. The minimum atomic E-state index is 0.739. The molecule has 5 rings (SSSR count). The Hall–Kier alpha value is -0.940. The first kappa shape index (κ1) is 19.0. The molecule has 1 aromatic carbocycles. The van der Waals surface area contributed by atoms with Crippen molar-refractivity contribution in [2.75, 3.05) is 45.9 Å². The fourth-order valence-electron chi connectivity index (χ4n) is 6.21. The summed E-state index contributed by atoms with van der Waals surface area (Å²) in [5.74, 6) is 2.58. The third kappa shape index (κ3) is 4.46. The summed E-state index contributed by atoms with van der Waals surface area (Å²) in [6.07, 6.45) is 6.75. The number of rotatable bonds is 6. The Morgan fingerprint density at radius 2 is 1.79 bits per heavy atom. The van der Waals surface area contributed by atoms with Crippen molar-refractivity contribution in [2.45, 2.75) is 50.7 Å². The summed E-state index contributed by atoms with van der Waals surface area (Å²) in [5.41, 5.74) is 1.46. The molecular weight excluding hydrogens is 346 g/mol. The number of piperidine rings is 1. The van der Waals surface area contributed by atoms with Gasteiger partial charge in [-0.1, -0.05) is 30.3 Å². The molecule has 1 N–H and O–H groups in total. The van der Waals surface area contributed by atoms with Crippen LogP contribution in [0.4, 0.5) is 0 Å². The zero-order valence-corrected chi connectivity index (χ0v) is 17.3. The number of hydrogen-bond donors (Lipinski definition) is 1. The lowest BCUT2D eigenvalue weighted by molar-refractivity contribution is 0.142. The average Bonchev–Trinajstić information content (AvgIpc) is 3.44. The topological polar surface area (TPSA) is 27.7 Å². The first-order valence-electron chi connectivity index (χ1n) is 11.7. The minimum Gasteiger partial charge on any atom is -0.381 e. The molecule has 0 amide bonds. The van der Waals surface area contributed by atoms with Crippen molar-refractivity contribution in [2.24, 2.45) is 17.8 Å². The Morgan fingerprint density at radius 1 is 0.929 bits per heavy atom. The third-order valence-corrected chi connectivity index (χ3v) is 7.76. The fraction of sp³-hybridized carbons (Fsp3) is 0.750. The summed E-state index contributed by atoms with van der Waals surface area (Å²) in [5, 5.41) is 4.11. The summed E-state index contributed by atoms with van der Waals surface area (Å²) in [6, 6.07) is 12.5. The summed E-state index contributed by atoms with van der Waals surface area (Å²) in [6.45, 7) is 9.50. The number of likely N-dealkylation sites (tertiary alicyclic amines) is 2. The molecule has 0 bridgehead atoms. The molecule has 0 unspecified atom stereocenters. The normalized spacial score (nSPS) is 34.9. The highest BCUT2D eigenvalue weighted by molar-refractivity contribution is 5.15. The van der Waals surface area contributed by atoms with Crippen LogP contribution in [-0.4, -0.2) is 67.8 Å². The fourth-order valence-corrected chi connectivity index (χ4v) is 6.21. The van der Waals surface area contributed by atoms with Crippen molar-refractivity contribution in [3.8, 4) is 0 Å². The van der Waals surface area contributed by atoms with Crippen LogP contribution in [0.1, 0.15) is 37.7 Å². The van der Waals surface area contributed by atoms with Crippen molar-refractivity contribution >= 4 is 0 Å². The van der Waals surface area contributed by atoms with Gasteiger partial charge in [-0.2, -0.15) is 0 Å². The van der Waals surface area contributed by atoms with Gasteiger partial charge in [0.15, 0.2) is 0 Å². The molecule has 154 valence electrons. The molecule has 3 heterocycles. The Labute approximate surface area is 170 Å². The van der Waals surface area contributed by atoms with E-state index in [2.05, 4.69) is 45.4 Å². The molecule has 3 saturated heterocycles. The number of nitrogens with one attached hydrogen (secondary N) is 1. The smallest absolute Gasteiger partial charge is 0.0507 e. The van der Waals surface area contributed by atoms with Gasteiger partial charge in [0.05, 0.1) is 6.61 Å². The quantitative estimate of drug-likeness (QED) is 0.817. The van der Waals surface area contributed by atoms with Crippen molar-refractivity contribution in [1.29, 1.82) is 0 Å². The first-order valence-corrected chi connectivity index (χ1v) is 11.7. The Balaban J connectivity index is 1.07. The summed E-state index contributed by atoms with van der Waals surface area (Å²) in [7, 11) is 0. The molecule has 1 aromatic rings. The van der Waals surface area contributed by atoms with Crippen molar-refractivity contribution in [1.82, 2.24) is 15.1 Å². The van der Waals surface area contributed by atoms with Gasteiger partial charge in [-0.15, -0.1) is 0 Å². The number of nitrogens with zero attached hydrogens (tertiary/aromatic N) is 2. The number of hydrogen-bond acceptors (Lipinski definition) is 4. The van der Waals surface area contributed by atoms with Crippen molar-refractivity contribution in [3.63, 3.8) is 0 Å². The van der Waals surface area contributed by atoms with Crippen LogP contribution in [0.5, 0.6) is 0 Å². The standard InChI is InChI=1S/C24H37N3O/c1-2-4-19(5-3-1)14-27-16-21-6-7-24(23(21)17-27)25-22-8-11-26(12-9-22)15-20-10-13-28-18-20/h1-5,20-25H,6-18H2/t20-,21+,23-,24+/m1/s1. The van der Waals surface area contributed by atoms with Gasteiger partial charge < -0.3 is 15.0 Å². The molecule has 0 aromatic heterocycles. The van der Waals surface area contributed by atoms with E-state index in [1.54, 1.807) is 0 Å². The van der Waals surface area contributed by atoms with E-state index in [9.17, 15) is 0 Å². The van der Waals surface area contributed by atoms with Crippen molar-refractivity contribution < 1.29 is 4.74 Å². The first-order chi connectivity index (χ1) is 13.8. The monoisotopic (exact) mass is 383 g/mol. The second-order valence-corrected chi connectivity index (χ2v) is 9.76. The van der Waals surface area contributed by atoms with Gasteiger partial charge in [0.1, 0.15) is 0 Å². The summed E-state index contributed by atoms with van der Waals surface area (Å²) < 4.78 is 5.55. The number of ether oxygens (including phenoxy) is 1. The van der Waals surface area contributed by atoms with Crippen LogP contribution in [0.3, 0.4) is 0 Å². The molecule has 4 fully saturated rings. The van der Waals surface area contributed by atoms with E-state index >= 15 is 0 Å². The largest absolute Gasteiger partial charge is 0.381 e. The maximum Gasteiger partial charge on any atom is 0.0507 e. The molecule has 4 heteroatoms. The Bertz CT molecular complexity index is 610. The Kier molecular flexibility index (Phi) is 6.00. The Morgan fingerprint density at radius 3 is 2.57 bits per heavy atom. The second kappa shape index (κ2) is 8.83. The zero-order chi connectivity index (χ0) is 18.8. The summed E-state index contributed by atoms with van der Waals surface area (Å²) in [4.78, 5) is 5.39. The molecule has 28 heavy (non-hydrogen) atoms. The lowest BCUT2D eigenvalue weighted by Gasteiger charge is -2.36.